The third kappa shape index (κ3) is 2.20. The first-order valence-corrected chi connectivity index (χ1v) is 8.11. The van der Waals surface area contributed by atoms with E-state index in [1.54, 1.807) is 0 Å². The van der Waals surface area contributed by atoms with Crippen molar-refractivity contribution in [3.05, 3.63) is 47.5 Å². The van der Waals surface area contributed by atoms with Crippen molar-refractivity contribution in [2.45, 2.75) is 46.0 Å². The quantitative estimate of drug-likeness (QED) is 0.757. The number of carbonyl (C=O) groups excluding carboxylic acids is 1. The molecule has 0 spiro atoms. The Morgan fingerprint density at radius 1 is 1.14 bits per heavy atom. The minimum atomic E-state index is -0.434. The van der Waals surface area contributed by atoms with Gasteiger partial charge in [-0.15, -0.1) is 0 Å². The smallest absolute Gasteiger partial charge is 0.178 e. The van der Waals surface area contributed by atoms with Crippen LogP contribution in [-0.2, 0) is 4.79 Å². The minimum absolute atomic E-state index is 0.0237. The summed E-state index contributed by atoms with van der Waals surface area (Å²) >= 11 is 0. The Morgan fingerprint density at radius 3 is 2.45 bits per heavy atom. The van der Waals surface area contributed by atoms with Crippen molar-refractivity contribution in [1.82, 2.24) is 0 Å². The minimum Gasteiger partial charge on any atom is -0.293 e. The molecule has 0 N–H and O–H groups in total. The van der Waals surface area contributed by atoms with Crippen LogP contribution >= 0.6 is 0 Å². The summed E-state index contributed by atoms with van der Waals surface area (Å²) in [6.07, 6.45) is 5.16. The average Bonchev–Trinajstić information content (AvgIpc) is 2.51. The molecule has 2 aliphatic carbocycles. The maximum Gasteiger partial charge on any atom is 0.178 e. The van der Waals surface area contributed by atoms with Gasteiger partial charge in [0.25, 0.3) is 0 Å². The summed E-state index contributed by atoms with van der Waals surface area (Å²) in [4.78, 5) is 12.5. The second-order valence-corrected chi connectivity index (χ2v) is 7.67. The summed E-state index contributed by atoms with van der Waals surface area (Å²) in [6, 6.07) is 12.8. The first-order chi connectivity index (χ1) is 10.4. The van der Waals surface area contributed by atoms with Crippen molar-refractivity contribution in [1.29, 1.82) is 5.26 Å². The molecule has 0 radical (unpaired) electrons. The molecule has 1 aromatic rings. The Balaban J connectivity index is 1.99. The molecule has 3 rings (SSSR count). The van der Waals surface area contributed by atoms with E-state index in [4.69, 9.17) is 0 Å². The molecule has 0 aromatic heterocycles. The lowest BCUT2D eigenvalue weighted by molar-refractivity contribution is -0.131. The Bertz CT molecular complexity index is 665. The Hall–Kier alpha value is -1.88. The van der Waals surface area contributed by atoms with Gasteiger partial charge >= 0.3 is 0 Å². The maximum atomic E-state index is 12.5. The lowest BCUT2D eigenvalue weighted by Gasteiger charge is -2.52. The Labute approximate surface area is 132 Å². The maximum absolute atomic E-state index is 12.5. The highest BCUT2D eigenvalue weighted by Gasteiger charge is 2.53. The van der Waals surface area contributed by atoms with Crippen LogP contribution in [0.15, 0.2) is 42.0 Å². The molecule has 0 bridgehead atoms. The zero-order valence-electron chi connectivity index (χ0n) is 13.6. The molecule has 3 atom stereocenters. The molecule has 2 heteroatoms. The molecular formula is C20H23NO. The highest BCUT2D eigenvalue weighted by Crippen LogP contribution is 2.57. The molecule has 114 valence electrons. The van der Waals surface area contributed by atoms with Crippen LogP contribution in [0.4, 0.5) is 0 Å². The van der Waals surface area contributed by atoms with Gasteiger partial charge in [-0.25, -0.2) is 0 Å². The van der Waals surface area contributed by atoms with E-state index in [0.29, 0.717) is 17.4 Å². The lowest BCUT2D eigenvalue weighted by Crippen LogP contribution is -2.49. The van der Waals surface area contributed by atoms with Gasteiger partial charge in [-0.05, 0) is 42.1 Å². The van der Waals surface area contributed by atoms with E-state index in [0.717, 1.165) is 19.3 Å². The van der Waals surface area contributed by atoms with E-state index in [-0.39, 0.29) is 11.2 Å². The van der Waals surface area contributed by atoms with Gasteiger partial charge in [-0.1, -0.05) is 57.2 Å². The van der Waals surface area contributed by atoms with Crippen LogP contribution in [0.3, 0.4) is 0 Å². The Kier molecular flexibility index (Phi) is 3.48. The second kappa shape index (κ2) is 5.09. The number of hydrogen-bond acceptors (Lipinski definition) is 2. The first kappa shape index (κ1) is 15.0. The van der Waals surface area contributed by atoms with Gasteiger partial charge in [-0.3, -0.25) is 4.79 Å². The van der Waals surface area contributed by atoms with Crippen molar-refractivity contribution >= 4 is 5.78 Å². The number of ketones is 1. The van der Waals surface area contributed by atoms with Crippen LogP contribution in [0, 0.1) is 28.1 Å². The molecule has 1 aromatic carbocycles. The number of allylic oxidation sites excluding steroid dienone is 2. The summed E-state index contributed by atoms with van der Waals surface area (Å²) in [6.45, 7) is 6.27. The fourth-order valence-corrected chi connectivity index (χ4v) is 4.81. The number of fused-ring (bicyclic) bond motifs is 1. The van der Waals surface area contributed by atoms with Gasteiger partial charge in [0.15, 0.2) is 5.78 Å². The molecule has 0 unspecified atom stereocenters. The fourth-order valence-electron chi connectivity index (χ4n) is 4.81. The van der Waals surface area contributed by atoms with Gasteiger partial charge in [0.05, 0.1) is 5.57 Å². The number of hydrogen-bond donors (Lipinski definition) is 0. The molecule has 0 aliphatic heterocycles. The van der Waals surface area contributed by atoms with Crippen LogP contribution in [0.5, 0.6) is 0 Å². The zero-order valence-corrected chi connectivity index (χ0v) is 13.6. The fraction of sp³-hybridized carbons (Fsp3) is 0.500. The van der Waals surface area contributed by atoms with E-state index < -0.39 is 5.41 Å². The predicted octanol–water partition coefficient (Wildman–Crippen LogP) is 4.64. The number of benzene rings is 1. The van der Waals surface area contributed by atoms with E-state index >= 15 is 0 Å². The van der Waals surface area contributed by atoms with Gasteiger partial charge in [0, 0.05) is 5.41 Å². The number of nitriles is 1. The summed E-state index contributed by atoms with van der Waals surface area (Å²) < 4.78 is 0. The van der Waals surface area contributed by atoms with Crippen LogP contribution in [0.1, 0.15) is 51.5 Å². The van der Waals surface area contributed by atoms with Gasteiger partial charge in [0.2, 0.25) is 0 Å². The standard InChI is InChI=1S/C20H23NO/c1-19(2)17-10-9-15(14-7-5-4-6-8-14)11-20(17,3)12-16(13-21)18(19)22/h4-8,12,15,17H,9-11H2,1-3H3/t15-,17-,20-/m0/s1. The monoisotopic (exact) mass is 293 g/mol. The average molecular weight is 293 g/mol. The molecule has 1 fully saturated rings. The van der Waals surface area contributed by atoms with Crippen LogP contribution in [0.2, 0.25) is 0 Å². The highest BCUT2D eigenvalue weighted by atomic mass is 16.1. The van der Waals surface area contributed by atoms with E-state index in [1.807, 2.05) is 26.0 Å². The zero-order chi connectivity index (χ0) is 16.0. The number of carbonyl (C=O) groups is 1. The van der Waals surface area contributed by atoms with E-state index in [1.165, 1.54) is 5.56 Å². The molecule has 1 saturated carbocycles. The second-order valence-electron chi connectivity index (χ2n) is 7.67. The summed E-state index contributed by atoms with van der Waals surface area (Å²) in [7, 11) is 0. The van der Waals surface area contributed by atoms with Crippen LogP contribution < -0.4 is 0 Å². The van der Waals surface area contributed by atoms with Crippen LogP contribution in [0.25, 0.3) is 0 Å². The topological polar surface area (TPSA) is 40.9 Å². The number of Topliss-reactive ketones (excluding diaryl/α,β-unsaturated/α-hetero) is 1. The van der Waals surface area contributed by atoms with Gasteiger partial charge in [-0.2, -0.15) is 5.26 Å². The number of nitrogens with zero attached hydrogens (tertiary/aromatic N) is 1. The molecular weight excluding hydrogens is 270 g/mol. The third-order valence-electron chi connectivity index (χ3n) is 5.85. The summed E-state index contributed by atoms with van der Waals surface area (Å²) in [5, 5.41) is 9.34. The number of rotatable bonds is 1. The largest absolute Gasteiger partial charge is 0.293 e. The lowest BCUT2D eigenvalue weighted by atomic mass is 9.50. The Morgan fingerprint density at radius 2 is 1.82 bits per heavy atom. The van der Waals surface area contributed by atoms with Gasteiger partial charge in [0.1, 0.15) is 6.07 Å². The molecule has 0 heterocycles. The van der Waals surface area contributed by atoms with Crippen molar-refractivity contribution in [2.75, 3.05) is 0 Å². The van der Waals surface area contributed by atoms with Crippen molar-refractivity contribution in [3.8, 4) is 6.07 Å². The molecule has 0 saturated heterocycles. The molecule has 2 aliphatic rings. The van der Waals surface area contributed by atoms with Crippen molar-refractivity contribution < 1.29 is 4.79 Å². The highest BCUT2D eigenvalue weighted by molar-refractivity contribution is 6.04. The van der Waals surface area contributed by atoms with E-state index in [9.17, 15) is 10.1 Å². The van der Waals surface area contributed by atoms with Crippen molar-refractivity contribution in [2.24, 2.45) is 16.7 Å². The molecule has 2 nitrogen and oxygen atoms in total. The normalized spacial score (nSPS) is 33.5. The first-order valence-electron chi connectivity index (χ1n) is 8.11. The summed E-state index contributed by atoms with van der Waals surface area (Å²) in [5.74, 6) is 0.864. The predicted molar refractivity (Wildman–Crippen MR) is 87.1 cm³/mol. The SMILES string of the molecule is CC1(C)C(=O)C(C#N)=C[C@]2(C)C[C@@H](c3ccccc3)CC[C@@H]12. The molecule has 0 amide bonds. The molecule has 22 heavy (non-hydrogen) atoms. The van der Waals surface area contributed by atoms with Gasteiger partial charge < -0.3 is 0 Å². The van der Waals surface area contributed by atoms with Crippen molar-refractivity contribution in [3.63, 3.8) is 0 Å². The van der Waals surface area contributed by atoms with Crippen LogP contribution in [-0.4, -0.2) is 5.78 Å². The van der Waals surface area contributed by atoms with E-state index in [2.05, 4.69) is 37.3 Å². The third-order valence-corrected chi connectivity index (χ3v) is 5.85. The summed E-state index contributed by atoms with van der Waals surface area (Å²) in [5.41, 5.74) is 1.23.